The van der Waals surface area contributed by atoms with Gasteiger partial charge in [0.25, 0.3) is 0 Å². The Labute approximate surface area is 184 Å². The van der Waals surface area contributed by atoms with Crippen molar-refractivity contribution in [3.05, 3.63) is 59.9 Å². The van der Waals surface area contributed by atoms with Gasteiger partial charge in [0.15, 0.2) is 0 Å². The number of hydrogen-bond donors (Lipinski definition) is 1. The molecule has 0 unspecified atom stereocenters. The molecule has 0 aliphatic rings. The number of benzene rings is 2. The van der Waals surface area contributed by atoms with E-state index in [4.69, 9.17) is 4.74 Å². The lowest BCUT2D eigenvalue weighted by molar-refractivity contribution is -0.121. The Kier molecular flexibility index (Phi) is 9.78. The van der Waals surface area contributed by atoms with Gasteiger partial charge in [-0.2, -0.15) is 0 Å². The maximum Gasteiger partial charge on any atom is 0.232 e. The number of halogens is 1. The zero-order valence-electron chi connectivity index (χ0n) is 18.1. The second-order valence-electron chi connectivity index (χ2n) is 7.30. The van der Waals surface area contributed by atoms with Crippen LogP contribution in [-0.2, 0) is 21.2 Å². The lowest BCUT2D eigenvalue weighted by Gasteiger charge is -2.22. The third-order valence-corrected chi connectivity index (χ3v) is 5.85. The first-order valence-electron chi connectivity index (χ1n) is 10.5. The predicted molar refractivity (Wildman–Crippen MR) is 121 cm³/mol. The lowest BCUT2D eigenvalue weighted by atomic mass is 10.1. The molecule has 2 rings (SSSR count). The van der Waals surface area contributed by atoms with Crippen molar-refractivity contribution in [3.8, 4) is 5.75 Å². The van der Waals surface area contributed by atoms with E-state index in [0.29, 0.717) is 19.6 Å². The number of aryl methyl sites for hydroxylation is 1. The van der Waals surface area contributed by atoms with Crippen molar-refractivity contribution in [2.75, 3.05) is 30.3 Å². The van der Waals surface area contributed by atoms with Crippen LogP contribution in [0.3, 0.4) is 0 Å². The molecule has 0 spiro atoms. The van der Waals surface area contributed by atoms with Crippen LogP contribution in [0.25, 0.3) is 0 Å². The molecule has 0 heterocycles. The second-order valence-corrected chi connectivity index (χ2v) is 9.21. The molecule has 31 heavy (non-hydrogen) atoms. The van der Waals surface area contributed by atoms with Crippen LogP contribution in [0.5, 0.6) is 5.75 Å². The number of ether oxygens (including phenoxy) is 1. The fourth-order valence-corrected chi connectivity index (χ4v) is 4.13. The molecule has 0 radical (unpaired) electrons. The number of para-hydroxylation sites is 2. The summed E-state index contributed by atoms with van der Waals surface area (Å²) in [6, 6.07) is 13.6. The molecule has 2 aromatic carbocycles. The minimum absolute atomic E-state index is 0.00522. The molecule has 6 nitrogen and oxygen atoms in total. The largest absolute Gasteiger partial charge is 0.493 e. The Morgan fingerprint density at radius 3 is 2.52 bits per heavy atom. The highest BCUT2D eigenvalue weighted by Crippen LogP contribution is 2.22. The van der Waals surface area contributed by atoms with Gasteiger partial charge in [-0.25, -0.2) is 12.8 Å². The average molecular weight is 451 g/mol. The van der Waals surface area contributed by atoms with Gasteiger partial charge >= 0.3 is 0 Å². The summed E-state index contributed by atoms with van der Waals surface area (Å²) >= 11 is 0. The normalized spacial score (nSPS) is 11.2. The standard InChI is InChI=1S/C23H31FN2O4S/c1-3-18-30-22-14-7-4-10-19(22)11-8-16-25-23(27)15-9-17-26(31(2,28)29)21-13-6-5-12-20(21)24/h4-7,10,12-14H,3,8-9,11,15-18H2,1-2H3,(H,25,27). The van der Waals surface area contributed by atoms with E-state index in [1.807, 2.05) is 24.3 Å². The van der Waals surface area contributed by atoms with E-state index < -0.39 is 15.8 Å². The molecular formula is C23H31FN2O4S. The van der Waals surface area contributed by atoms with Gasteiger partial charge in [-0.15, -0.1) is 0 Å². The van der Waals surface area contributed by atoms with Crippen LogP contribution in [0.2, 0.25) is 0 Å². The summed E-state index contributed by atoms with van der Waals surface area (Å²) in [4.78, 5) is 12.1. The summed E-state index contributed by atoms with van der Waals surface area (Å²) < 4.78 is 44.8. The smallest absolute Gasteiger partial charge is 0.232 e. The van der Waals surface area contributed by atoms with Crippen LogP contribution in [0, 0.1) is 5.82 Å². The highest BCUT2D eigenvalue weighted by atomic mass is 32.2. The number of hydrogen-bond acceptors (Lipinski definition) is 4. The zero-order chi connectivity index (χ0) is 22.7. The van der Waals surface area contributed by atoms with Gasteiger partial charge < -0.3 is 10.1 Å². The fourth-order valence-electron chi connectivity index (χ4n) is 3.16. The summed E-state index contributed by atoms with van der Waals surface area (Å²) in [5.41, 5.74) is 1.10. The predicted octanol–water partition coefficient (Wildman–Crippen LogP) is 3.91. The van der Waals surface area contributed by atoms with Gasteiger partial charge in [0, 0.05) is 19.5 Å². The molecule has 0 bridgehead atoms. The molecule has 1 N–H and O–H groups in total. The number of carbonyl (C=O) groups excluding carboxylic acids is 1. The van der Waals surface area contributed by atoms with Gasteiger partial charge in [-0.05, 0) is 49.4 Å². The van der Waals surface area contributed by atoms with Gasteiger partial charge in [0.2, 0.25) is 15.9 Å². The molecular weight excluding hydrogens is 419 g/mol. The Morgan fingerprint density at radius 1 is 1.10 bits per heavy atom. The fraction of sp³-hybridized carbons (Fsp3) is 0.435. The van der Waals surface area contributed by atoms with Crippen molar-refractivity contribution in [1.82, 2.24) is 5.32 Å². The third-order valence-electron chi connectivity index (χ3n) is 4.67. The van der Waals surface area contributed by atoms with E-state index in [1.165, 1.54) is 18.2 Å². The SMILES string of the molecule is CCCOc1ccccc1CCCNC(=O)CCCN(c1ccccc1F)S(C)(=O)=O. The van der Waals surface area contributed by atoms with E-state index in [2.05, 4.69) is 12.2 Å². The Bertz CT molecular complexity index is 950. The molecule has 0 saturated carbocycles. The van der Waals surface area contributed by atoms with Crippen LogP contribution in [0.15, 0.2) is 48.5 Å². The van der Waals surface area contributed by atoms with Crippen LogP contribution < -0.4 is 14.4 Å². The van der Waals surface area contributed by atoms with Crippen LogP contribution in [0.1, 0.15) is 38.2 Å². The molecule has 0 aliphatic heterocycles. The Hall–Kier alpha value is -2.61. The molecule has 8 heteroatoms. The first-order chi connectivity index (χ1) is 14.8. The van der Waals surface area contributed by atoms with Crippen molar-refractivity contribution in [1.29, 1.82) is 0 Å². The van der Waals surface area contributed by atoms with Crippen molar-refractivity contribution in [2.45, 2.75) is 39.0 Å². The molecule has 170 valence electrons. The number of sulfonamides is 1. The van der Waals surface area contributed by atoms with Crippen molar-refractivity contribution < 1.29 is 22.3 Å². The topological polar surface area (TPSA) is 75.7 Å². The monoisotopic (exact) mass is 450 g/mol. The van der Waals surface area contributed by atoms with Crippen LogP contribution >= 0.6 is 0 Å². The average Bonchev–Trinajstić information content (AvgIpc) is 2.73. The number of amides is 1. The Morgan fingerprint density at radius 2 is 1.81 bits per heavy atom. The van der Waals surface area contributed by atoms with Crippen molar-refractivity contribution in [3.63, 3.8) is 0 Å². The Balaban J connectivity index is 1.76. The third kappa shape index (κ3) is 8.20. The number of anilines is 1. The van der Waals surface area contributed by atoms with Crippen molar-refractivity contribution in [2.24, 2.45) is 0 Å². The molecule has 0 saturated heterocycles. The number of rotatable bonds is 13. The molecule has 0 aromatic heterocycles. The number of nitrogens with one attached hydrogen (secondary N) is 1. The quantitative estimate of drug-likeness (QED) is 0.470. The lowest BCUT2D eigenvalue weighted by Crippen LogP contribution is -2.33. The minimum atomic E-state index is -3.65. The maximum absolute atomic E-state index is 14.0. The van der Waals surface area contributed by atoms with E-state index in [0.717, 1.165) is 41.1 Å². The molecule has 0 atom stereocenters. The van der Waals surface area contributed by atoms with Gasteiger partial charge in [0.1, 0.15) is 11.6 Å². The van der Waals surface area contributed by atoms with Gasteiger partial charge in [0.05, 0.1) is 18.6 Å². The summed E-state index contributed by atoms with van der Waals surface area (Å²) in [6.45, 7) is 3.29. The summed E-state index contributed by atoms with van der Waals surface area (Å²) in [7, 11) is -3.65. The summed E-state index contributed by atoms with van der Waals surface area (Å²) in [6.07, 6.45) is 3.98. The van der Waals surface area contributed by atoms with Crippen LogP contribution in [-0.4, -0.2) is 40.3 Å². The number of carbonyl (C=O) groups is 1. The maximum atomic E-state index is 14.0. The zero-order valence-corrected chi connectivity index (χ0v) is 19.0. The van der Waals surface area contributed by atoms with Crippen LogP contribution in [0.4, 0.5) is 10.1 Å². The molecule has 2 aromatic rings. The molecule has 0 aliphatic carbocycles. The van der Waals surface area contributed by atoms with Gasteiger partial charge in [-0.1, -0.05) is 37.3 Å². The molecule has 1 amide bonds. The minimum Gasteiger partial charge on any atom is -0.493 e. The summed E-state index contributed by atoms with van der Waals surface area (Å²) in [5, 5.41) is 2.86. The van der Waals surface area contributed by atoms with E-state index >= 15 is 0 Å². The highest BCUT2D eigenvalue weighted by Gasteiger charge is 2.20. The van der Waals surface area contributed by atoms with Gasteiger partial charge in [-0.3, -0.25) is 9.10 Å². The van der Waals surface area contributed by atoms with E-state index in [9.17, 15) is 17.6 Å². The second kappa shape index (κ2) is 12.3. The summed E-state index contributed by atoms with van der Waals surface area (Å²) in [5.74, 6) is 0.114. The van der Waals surface area contributed by atoms with E-state index in [-0.39, 0.29) is 24.6 Å². The van der Waals surface area contributed by atoms with E-state index in [1.54, 1.807) is 6.07 Å². The first-order valence-corrected chi connectivity index (χ1v) is 12.4. The van der Waals surface area contributed by atoms with Crippen molar-refractivity contribution >= 4 is 21.6 Å². The highest BCUT2D eigenvalue weighted by molar-refractivity contribution is 7.92. The molecule has 0 fully saturated rings. The first kappa shape index (κ1) is 24.7. The number of nitrogens with zero attached hydrogens (tertiary/aromatic N) is 1.